The summed E-state index contributed by atoms with van der Waals surface area (Å²) < 4.78 is 14.8. The van der Waals surface area contributed by atoms with E-state index in [2.05, 4.69) is 5.32 Å². The number of hydrogen-bond acceptors (Lipinski definition) is 3. The van der Waals surface area contributed by atoms with Crippen LogP contribution in [0.25, 0.3) is 0 Å². The molecule has 2 rings (SSSR count). The number of amides is 2. The average Bonchev–Trinajstić information content (AvgIpc) is 2.74. The summed E-state index contributed by atoms with van der Waals surface area (Å²) in [5.41, 5.74) is 4.04. The third-order valence-electron chi connectivity index (χ3n) is 5.62. The van der Waals surface area contributed by atoms with Gasteiger partial charge in [0.15, 0.2) is 0 Å². The van der Waals surface area contributed by atoms with Gasteiger partial charge in [0.2, 0.25) is 5.91 Å². The lowest BCUT2D eigenvalue weighted by Crippen LogP contribution is -2.28. The second-order valence-corrected chi connectivity index (χ2v) is 8.03. The number of anilines is 2. The maximum absolute atomic E-state index is 14.8. The second kappa shape index (κ2) is 11.5. The fraction of sp³-hybridized carbons (Fsp3) is 0.440. The topological polar surface area (TPSA) is 52.7 Å². The number of unbranched alkanes of at least 4 members (excludes halogenated alkanes) is 3. The standard InChI is InChI=1S/C25H34FN3O2/c1-18-11-10-12-19(2)24(18)29(5)20-14-15-21(22(26)17-20)25(31)28(4)16-9-7-6-8-13-23(30)27-3/h10-12,14-15,17H,6-9,13,16H2,1-5H3,(H,27,30). The van der Waals surface area contributed by atoms with Crippen LogP contribution >= 0.6 is 0 Å². The monoisotopic (exact) mass is 427 g/mol. The quantitative estimate of drug-likeness (QED) is 0.544. The lowest BCUT2D eigenvalue weighted by molar-refractivity contribution is -0.120. The van der Waals surface area contributed by atoms with E-state index in [0.29, 0.717) is 18.7 Å². The lowest BCUT2D eigenvalue weighted by Gasteiger charge is -2.24. The summed E-state index contributed by atoms with van der Waals surface area (Å²) in [4.78, 5) is 27.4. The molecule has 2 aromatic rings. The number of halogens is 1. The van der Waals surface area contributed by atoms with E-state index >= 15 is 0 Å². The van der Waals surface area contributed by atoms with Crippen LogP contribution in [0.2, 0.25) is 0 Å². The van der Waals surface area contributed by atoms with Crippen molar-refractivity contribution >= 4 is 23.2 Å². The van der Waals surface area contributed by atoms with Crippen LogP contribution in [0.5, 0.6) is 0 Å². The molecule has 168 valence electrons. The van der Waals surface area contributed by atoms with Gasteiger partial charge in [0.1, 0.15) is 5.82 Å². The van der Waals surface area contributed by atoms with Gasteiger partial charge in [-0.3, -0.25) is 9.59 Å². The first kappa shape index (κ1) is 24.4. The minimum absolute atomic E-state index is 0.0504. The molecule has 2 amide bonds. The second-order valence-electron chi connectivity index (χ2n) is 8.03. The van der Waals surface area contributed by atoms with Crippen LogP contribution in [0.3, 0.4) is 0 Å². The van der Waals surface area contributed by atoms with Gasteiger partial charge < -0.3 is 15.1 Å². The van der Waals surface area contributed by atoms with Crippen molar-refractivity contribution in [2.24, 2.45) is 0 Å². The Morgan fingerprint density at radius 3 is 2.23 bits per heavy atom. The molecule has 6 heteroatoms. The summed E-state index contributed by atoms with van der Waals surface area (Å²) in [5.74, 6) is -0.781. The third-order valence-corrected chi connectivity index (χ3v) is 5.62. The van der Waals surface area contributed by atoms with Gasteiger partial charge in [-0.25, -0.2) is 4.39 Å². The summed E-state index contributed by atoms with van der Waals surface area (Å²) in [6.45, 7) is 4.61. The van der Waals surface area contributed by atoms with Gasteiger partial charge in [-0.15, -0.1) is 0 Å². The Bertz CT molecular complexity index is 893. The zero-order valence-electron chi connectivity index (χ0n) is 19.3. The van der Waals surface area contributed by atoms with E-state index < -0.39 is 5.82 Å². The summed E-state index contributed by atoms with van der Waals surface area (Å²) in [5, 5.41) is 2.61. The number of para-hydroxylation sites is 1. The Kier molecular flexibility index (Phi) is 9.03. The summed E-state index contributed by atoms with van der Waals surface area (Å²) in [6.07, 6.45) is 4.05. The van der Waals surface area contributed by atoms with Gasteiger partial charge in [-0.2, -0.15) is 0 Å². The van der Waals surface area contributed by atoms with Gasteiger partial charge in [0.05, 0.1) is 5.56 Å². The number of benzene rings is 2. The Morgan fingerprint density at radius 2 is 1.61 bits per heavy atom. The molecule has 1 N–H and O–H groups in total. The smallest absolute Gasteiger partial charge is 0.256 e. The van der Waals surface area contributed by atoms with Crippen molar-refractivity contribution < 1.29 is 14.0 Å². The number of nitrogens with one attached hydrogen (secondary N) is 1. The van der Waals surface area contributed by atoms with E-state index in [4.69, 9.17) is 0 Å². The average molecular weight is 428 g/mol. The first-order valence-corrected chi connectivity index (χ1v) is 10.8. The van der Waals surface area contributed by atoms with E-state index in [0.717, 1.165) is 42.5 Å². The van der Waals surface area contributed by atoms with Gasteiger partial charge >= 0.3 is 0 Å². The molecule has 0 unspecified atom stereocenters. The predicted octanol–water partition coefficient (Wildman–Crippen LogP) is 4.98. The zero-order chi connectivity index (χ0) is 23.0. The number of hydrogen-bond donors (Lipinski definition) is 1. The molecule has 0 bridgehead atoms. The van der Waals surface area contributed by atoms with E-state index in [9.17, 15) is 14.0 Å². The van der Waals surface area contributed by atoms with E-state index in [1.807, 2.05) is 44.0 Å². The Balaban J connectivity index is 1.96. The fourth-order valence-corrected chi connectivity index (χ4v) is 3.77. The highest BCUT2D eigenvalue weighted by Crippen LogP contribution is 2.31. The zero-order valence-corrected chi connectivity index (χ0v) is 19.3. The van der Waals surface area contributed by atoms with E-state index in [1.54, 1.807) is 31.1 Å². The highest BCUT2D eigenvalue weighted by molar-refractivity contribution is 5.94. The third kappa shape index (κ3) is 6.54. The molecule has 5 nitrogen and oxygen atoms in total. The molecule has 0 aliphatic rings. The van der Waals surface area contributed by atoms with Crippen LogP contribution in [-0.2, 0) is 4.79 Å². The minimum atomic E-state index is -0.516. The Labute approximate surface area is 185 Å². The fourth-order valence-electron chi connectivity index (χ4n) is 3.77. The molecule has 0 saturated heterocycles. The van der Waals surface area contributed by atoms with E-state index in [1.165, 1.54) is 6.07 Å². The van der Waals surface area contributed by atoms with Crippen LogP contribution in [0.1, 0.15) is 53.6 Å². The van der Waals surface area contributed by atoms with Crippen molar-refractivity contribution in [3.63, 3.8) is 0 Å². The molecule has 0 saturated carbocycles. The van der Waals surface area contributed by atoms with E-state index in [-0.39, 0.29) is 17.4 Å². The van der Waals surface area contributed by atoms with Gasteiger partial charge in [0.25, 0.3) is 5.91 Å². The molecule has 0 atom stereocenters. The van der Waals surface area contributed by atoms with Gasteiger partial charge in [0, 0.05) is 45.5 Å². The van der Waals surface area contributed by atoms with Gasteiger partial charge in [-0.05, 0) is 56.0 Å². The Morgan fingerprint density at radius 1 is 0.968 bits per heavy atom. The highest BCUT2D eigenvalue weighted by Gasteiger charge is 2.18. The number of aryl methyl sites for hydroxylation is 2. The maximum atomic E-state index is 14.8. The number of nitrogens with zero attached hydrogens (tertiary/aromatic N) is 2. The number of carbonyl (C=O) groups is 2. The largest absolute Gasteiger partial charge is 0.359 e. The maximum Gasteiger partial charge on any atom is 0.256 e. The molecule has 31 heavy (non-hydrogen) atoms. The molecule has 0 aliphatic carbocycles. The molecule has 0 aromatic heterocycles. The molecule has 2 aromatic carbocycles. The normalized spacial score (nSPS) is 10.6. The van der Waals surface area contributed by atoms with Crippen LogP contribution < -0.4 is 10.2 Å². The highest BCUT2D eigenvalue weighted by atomic mass is 19.1. The predicted molar refractivity (Wildman–Crippen MR) is 124 cm³/mol. The van der Waals surface area contributed by atoms with Crippen molar-refractivity contribution in [2.45, 2.75) is 46.0 Å². The summed E-state index contributed by atoms with van der Waals surface area (Å²) in [6, 6.07) is 10.8. The van der Waals surface area contributed by atoms with Gasteiger partial charge in [-0.1, -0.05) is 31.0 Å². The lowest BCUT2D eigenvalue weighted by atomic mass is 10.1. The van der Waals surface area contributed by atoms with Crippen LogP contribution in [-0.4, -0.2) is 44.4 Å². The van der Waals surface area contributed by atoms with Crippen LogP contribution in [0.4, 0.5) is 15.8 Å². The SMILES string of the molecule is CNC(=O)CCCCCCN(C)C(=O)c1ccc(N(C)c2c(C)cccc2C)cc1F. The molecular weight excluding hydrogens is 393 g/mol. The molecule has 0 spiro atoms. The molecule has 0 heterocycles. The summed E-state index contributed by atoms with van der Waals surface area (Å²) >= 11 is 0. The molecular formula is C25H34FN3O2. The molecule has 0 fully saturated rings. The number of rotatable bonds is 10. The minimum Gasteiger partial charge on any atom is -0.359 e. The molecule has 0 radical (unpaired) electrons. The van der Waals surface area contributed by atoms with Crippen LogP contribution in [0, 0.1) is 19.7 Å². The first-order valence-electron chi connectivity index (χ1n) is 10.8. The number of carbonyl (C=O) groups excluding carboxylic acids is 2. The van der Waals surface area contributed by atoms with Crippen LogP contribution in [0.15, 0.2) is 36.4 Å². The molecule has 0 aliphatic heterocycles. The van der Waals surface area contributed by atoms with Crippen molar-refractivity contribution in [3.05, 3.63) is 58.9 Å². The summed E-state index contributed by atoms with van der Waals surface area (Å²) in [7, 11) is 5.24. The van der Waals surface area contributed by atoms with Crippen molar-refractivity contribution in [3.8, 4) is 0 Å². The van der Waals surface area contributed by atoms with Crippen molar-refractivity contribution in [1.82, 2.24) is 10.2 Å². The van der Waals surface area contributed by atoms with Crippen molar-refractivity contribution in [2.75, 3.05) is 32.6 Å². The van der Waals surface area contributed by atoms with Crippen molar-refractivity contribution in [1.29, 1.82) is 0 Å². The first-order chi connectivity index (χ1) is 14.8. The Hall–Kier alpha value is -2.89.